The molecule has 0 aromatic heterocycles. The lowest BCUT2D eigenvalue weighted by molar-refractivity contribution is -0.149. The van der Waals surface area contributed by atoms with E-state index in [0.717, 1.165) is 0 Å². The van der Waals surface area contributed by atoms with Crippen molar-refractivity contribution in [2.75, 3.05) is 0 Å². The average Bonchev–Trinajstić information content (AvgIpc) is 2.39. The van der Waals surface area contributed by atoms with E-state index in [1.807, 2.05) is 25.1 Å². The minimum atomic E-state index is -0.762. The van der Waals surface area contributed by atoms with Crippen LogP contribution in [0.15, 0.2) is 30.3 Å². The van der Waals surface area contributed by atoms with Crippen LogP contribution in [0.2, 0.25) is 0 Å². The van der Waals surface area contributed by atoms with Crippen LogP contribution in [0.25, 0.3) is 0 Å². The van der Waals surface area contributed by atoms with E-state index in [-0.39, 0.29) is 23.7 Å². The van der Waals surface area contributed by atoms with Crippen LogP contribution in [0.3, 0.4) is 0 Å². The third-order valence-electron chi connectivity index (χ3n) is 3.78. The van der Waals surface area contributed by atoms with Crippen molar-refractivity contribution in [3.05, 3.63) is 30.3 Å². The first-order valence-corrected chi connectivity index (χ1v) is 6.57. The van der Waals surface area contributed by atoms with Crippen LogP contribution >= 0.6 is 0 Å². The predicted octanol–water partition coefficient (Wildman–Crippen LogP) is 2.73. The molecule has 0 heterocycles. The molecule has 2 rings (SSSR count). The molecule has 0 aliphatic heterocycles. The van der Waals surface area contributed by atoms with Crippen LogP contribution < -0.4 is 4.74 Å². The van der Waals surface area contributed by atoms with Crippen molar-refractivity contribution in [2.45, 2.75) is 26.2 Å². The zero-order valence-corrected chi connectivity index (χ0v) is 10.9. The minimum Gasteiger partial charge on any atom is -0.481 e. The van der Waals surface area contributed by atoms with Crippen LogP contribution in [-0.4, -0.2) is 17.0 Å². The molecule has 0 spiro atoms. The number of hydrogen-bond acceptors (Lipinski definition) is 3. The number of rotatable bonds is 3. The Bertz CT molecular complexity index is 454. The summed E-state index contributed by atoms with van der Waals surface area (Å²) in [6.45, 7) is 1.89. The number of carbonyl (C=O) groups is 2. The zero-order chi connectivity index (χ0) is 13.8. The first-order valence-electron chi connectivity index (χ1n) is 6.57. The third kappa shape index (κ3) is 3.34. The number of aliphatic carboxylic acids is 1. The monoisotopic (exact) mass is 262 g/mol. The van der Waals surface area contributed by atoms with Crippen LogP contribution in [0, 0.1) is 17.8 Å². The van der Waals surface area contributed by atoms with E-state index in [2.05, 4.69) is 0 Å². The number of carbonyl (C=O) groups excluding carboxylic acids is 1. The van der Waals surface area contributed by atoms with Crippen molar-refractivity contribution in [3.8, 4) is 5.75 Å². The molecule has 1 aliphatic rings. The zero-order valence-electron chi connectivity index (χ0n) is 10.9. The fraction of sp³-hybridized carbons (Fsp3) is 0.467. The summed E-state index contributed by atoms with van der Waals surface area (Å²) in [5, 5.41) is 9.05. The molecular weight excluding hydrogens is 244 g/mol. The molecule has 102 valence electrons. The maximum Gasteiger partial charge on any atom is 0.314 e. The number of esters is 1. The van der Waals surface area contributed by atoms with Gasteiger partial charge in [-0.15, -0.1) is 0 Å². The van der Waals surface area contributed by atoms with E-state index in [0.29, 0.717) is 25.0 Å². The van der Waals surface area contributed by atoms with Gasteiger partial charge in [-0.3, -0.25) is 9.59 Å². The van der Waals surface area contributed by atoms with Gasteiger partial charge in [0.1, 0.15) is 5.75 Å². The molecular formula is C15H18O4. The molecule has 0 bridgehead atoms. The van der Waals surface area contributed by atoms with Crippen molar-refractivity contribution >= 4 is 11.9 Å². The predicted molar refractivity (Wildman–Crippen MR) is 69.7 cm³/mol. The first kappa shape index (κ1) is 13.6. The summed E-state index contributed by atoms with van der Waals surface area (Å²) in [7, 11) is 0. The van der Waals surface area contributed by atoms with Gasteiger partial charge in [-0.05, 0) is 37.3 Å². The summed E-state index contributed by atoms with van der Waals surface area (Å²) in [5.74, 6) is -0.976. The van der Waals surface area contributed by atoms with Gasteiger partial charge >= 0.3 is 11.9 Å². The van der Waals surface area contributed by atoms with E-state index >= 15 is 0 Å². The number of benzene rings is 1. The van der Waals surface area contributed by atoms with Gasteiger partial charge in [-0.25, -0.2) is 0 Å². The Balaban J connectivity index is 1.93. The van der Waals surface area contributed by atoms with Crippen LogP contribution in [0.5, 0.6) is 5.75 Å². The standard InChI is InChI=1S/C15H18O4/c1-10-9-11(7-8-13(10)14(16)17)15(18)19-12-5-3-2-4-6-12/h2-6,10-11,13H,7-9H2,1H3,(H,16,17)/t10-,11+,13+/m0/s1. The van der Waals surface area contributed by atoms with Crippen molar-refractivity contribution in [1.29, 1.82) is 0 Å². The molecule has 4 heteroatoms. The number of para-hydroxylation sites is 1. The highest BCUT2D eigenvalue weighted by Gasteiger charge is 2.35. The second-order valence-electron chi connectivity index (χ2n) is 5.17. The second kappa shape index (κ2) is 5.87. The lowest BCUT2D eigenvalue weighted by Crippen LogP contribution is -2.33. The molecule has 1 aromatic carbocycles. The van der Waals surface area contributed by atoms with Crippen LogP contribution in [0.1, 0.15) is 26.2 Å². The maximum absolute atomic E-state index is 12.0. The summed E-state index contributed by atoms with van der Waals surface area (Å²) in [6, 6.07) is 8.96. The quantitative estimate of drug-likeness (QED) is 0.672. The van der Waals surface area contributed by atoms with Gasteiger partial charge in [-0.1, -0.05) is 25.1 Å². The van der Waals surface area contributed by atoms with Crippen LogP contribution in [0.4, 0.5) is 0 Å². The van der Waals surface area contributed by atoms with E-state index < -0.39 is 5.97 Å². The molecule has 19 heavy (non-hydrogen) atoms. The van der Waals surface area contributed by atoms with Gasteiger partial charge in [0.05, 0.1) is 11.8 Å². The largest absolute Gasteiger partial charge is 0.481 e. The summed E-state index contributed by atoms with van der Waals surface area (Å²) in [5.41, 5.74) is 0. The Morgan fingerprint density at radius 2 is 1.89 bits per heavy atom. The Labute approximate surface area is 112 Å². The Hall–Kier alpha value is -1.84. The highest BCUT2D eigenvalue weighted by atomic mass is 16.5. The lowest BCUT2D eigenvalue weighted by atomic mass is 9.75. The molecule has 0 amide bonds. The van der Waals surface area contributed by atoms with Gasteiger partial charge in [-0.2, -0.15) is 0 Å². The molecule has 4 nitrogen and oxygen atoms in total. The average molecular weight is 262 g/mol. The molecule has 1 fully saturated rings. The van der Waals surface area contributed by atoms with E-state index in [4.69, 9.17) is 9.84 Å². The van der Waals surface area contributed by atoms with Crippen LogP contribution in [-0.2, 0) is 9.59 Å². The summed E-state index contributed by atoms with van der Waals surface area (Å²) >= 11 is 0. The minimum absolute atomic E-state index is 0.0135. The number of carboxylic acids is 1. The smallest absolute Gasteiger partial charge is 0.314 e. The Morgan fingerprint density at radius 3 is 2.47 bits per heavy atom. The van der Waals surface area contributed by atoms with E-state index in [1.165, 1.54) is 0 Å². The van der Waals surface area contributed by atoms with Gasteiger partial charge in [0.25, 0.3) is 0 Å². The topological polar surface area (TPSA) is 63.6 Å². The Kier molecular flexibility index (Phi) is 4.20. The molecule has 0 radical (unpaired) electrons. The van der Waals surface area contributed by atoms with Crippen molar-refractivity contribution in [2.24, 2.45) is 17.8 Å². The van der Waals surface area contributed by atoms with Gasteiger partial charge in [0.15, 0.2) is 0 Å². The van der Waals surface area contributed by atoms with Gasteiger partial charge in [0.2, 0.25) is 0 Å². The van der Waals surface area contributed by atoms with E-state index in [1.54, 1.807) is 12.1 Å². The molecule has 0 unspecified atom stereocenters. The summed E-state index contributed by atoms with van der Waals surface area (Å²) in [4.78, 5) is 23.0. The number of carboxylic acid groups (broad SMARTS) is 1. The van der Waals surface area contributed by atoms with Crippen molar-refractivity contribution < 1.29 is 19.4 Å². The van der Waals surface area contributed by atoms with E-state index in [9.17, 15) is 9.59 Å². The highest BCUT2D eigenvalue weighted by Crippen LogP contribution is 2.34. The van der Waals surface area contributed by atoms with Crippen molar-refractivity contribution in [3.63, 3.8) is 0 Å². The molecule has 1 saturated carbocycles. The normalized spacial score (nSPS) is 26.7. The number of hydrogen-bond donors (Lipinski definition) is 1. The molecule has 0 saturated heterocycles. The fourth-order valence-corrected chi connectivity index (χ4v) is 2.67. The maximum atomic E-state index is 12.0. The van der Waals surface area contributed by atoms with Gasteiger partial charge in [0, 0.05) is 0 Å². The van der Waals surface area contributed by atoms with Crippen molar-refractivity contribution in [1.82, 2.24) is 0 Å². The fourth-order valence-electron chi connectivity index (χ4n) is 2.67. The SMILES string of the molecule is C[C@H]1C[C@H](C(=O)Oc2ccccc2)CC[C@H]1C(=O)O. The first-order chi connectivity index (χ1) is 9.08. The highest BCUT2D eigenvalue weighted by molar-refractivity contribution is 5.76. The van der Waals surface area contributed by atoms with Gasteiger partial charge < -0.3 is 9.84 Å². The molecule has 1 aliphatic carbocycles. The Morgan fingerprint density at radius 1 is 1.21 bits per heavy atom. The molecule has 1 N–H and O–H groups in total. The lowest BCUT2D eigenvalue weighted by Gasteiger charge is -2.30. The summed E-state index contributed by atoms with van der Waals surface area (Å²) in [6.07, 6.45) is 1.72. The second-order valence-corrected chi connectivity index (χ2v) is 5.17. The molecule has 3 atom stereocenters. The summed E-state index contributed by atoms with van der Waals surface area (Å²) < 4.78 is 5.31. The molecule has 1 aromatic rings. The third-order valence-corrected chi connectivity index (χ3v) is 3.78. The number of ether oxygens (including phenoxy) is 1.